The van der Waals surface area contributed by atoms with Crippen LogP contribution in [0, 0.1) is 0 Å². The zero-order valence-electron chi connectivity index (χ0n) is 22.2. The Morgan fingerprint density at radius 3 is 2.45 bits per heavy atom. The van der Waals surface area contributed by atoms with Gasteiger partial charge in [0, 0.05) is 38.4 Å². The van der Waals surface area contributed by atoms with Crippen LogP contribution in [0.25, 0.3) is 0 Å². The van der Waals surface area contributed by atoms with Crippen molar-refractivity contribution in [2.24, 2.45) is 0 Å². The Hall–Kier alpha value is -3.62. The molecule has 0 aliphatic carbocycles. The fraction of sp³-hybridized carbons (Fsp3) is 0.400. The molecule has 4 rings (SSSR count). The van der Waals surface area contributed by atoms with Gasteiger partial charge in [0.15, 0.2) is 0 Å². The van der Waals surface area contributed by atoms with Crippen LogP contribution in [0.2, 0.25) is 0 Å². The van der Waals surface area contributed by atoms with Crippen LogP contribution in [0.1, 0.15) is 30.2 Å². The standard InChI is InChI=1S/C30H38N4O4/c1-2-25-11-6-12-27(21-25)31-30(36)33(15-8-14-32-16-19-37-20-17-32)24-29(35)34(23-28-13-7-18-38-28)22-26-9-4-3-5-10-26/h3-7,9-13,18,21H,2,8,14-17,19-20,22-24H2,1H3,(H,31,36). The number of benzene rings is 2. The Kier molecular flexibility index (Phi) is 10.4. The monoisotopic (exact) mass is 518 g/mol. The van der Waals surface area contributed by atoms with Crippen LogP contribution in [0.4, 0.5) is 10.5 Å². The molecule has 1 N–H and O–H groups in total. The molecule has 1 aliphatic rings. The minimum atomic E-state index is -0.272. The summed E-state index contributed by atoms with van der Waals surface area (Å²) in [5.74, 6) is 0.572. The molecule has 3 amide bonds. The van der Waals surface area contributed by atoms with E-state index in [0.29, 0.717) is 25.4 Å². The molecule has 1 aromatic heterocycles. The lowest BCUT2D eigenvalue weighted by molar-refractivity contribution is -0.133. The number of carbonyl (C=O) groups excluding carboxylic acids is 2. The molecule has 2 aromatic carbocycles. The number of nitrogens with zero attached hydrogens (tertiary/aromatic N) is 3. The number of carbonyl (C=O) groups is 2. The second-order valence-corrected chi connectivity index (χ2v) is 9.53. The number of anilines is 1. The molecule has 1 aliphatic heterocycles. The fourth-order valence-corrected chi connectivity index (χ4v) is 4.52. The van der Waals surface area contributed by atoms with Crippen LogP contribution >= 0.6 is 0 Å². The molecule has 0 spiro atoms. The summed E-state index contributed by atoms with van der Waals surface area (Å²) in [7, 11) is 0. The van der Waals surface area contributed by atoms with Crippen LogP contribution in [0.5, 0.6) is 0 Å². The van der Waals surface area contributed by atoms with E-state index < -0.39 is 0 Å². The number of amides is 3. The van der Waals surface area contributed by atoms with Gasteiger partial charge in [0.2, 0.25) is 5.91 Å². The van der Waals surface area contributed by atoms with Crippen LogP contribution in [-0.4, -0.2) is 72.6 Å². The fourth-order valence-electron chi connectivity index (χ4n) is 4.52. The van der Waals surface area contributed by atoms with Gasteiger partial charge in [-0.1, -0.05) is 49.4 Å². The van der Waals surface area contributed by atoms with Gasteiger partial charge in [-0.2, -0.15) is 0 Å². The largest absolute Gasteiger partial charge is 0.467 e. The van der Waals surface area contributed by atoms with E-state index in [2.05, 4.69) is 17.1 Å². The van der Waals surface area contributed by atoms with E-state index >= 15 is 0 Å². The quantitative estimate of drug-likeness (QED) is 0.378. The number of furan rings is 1. The molecular weight excluding hydrogens is 480 g/mol. The molecule has 1 fully saturated rings. The maximum atomic E-state index is 13.6. The van der Waals surface area contributed by atoms with Crippen molar-refractivity contribution >= 4 is 17.6 Å². The van der Waals surface area contributed by atoms with Crippen LogP contribution in [0.3, 0.4) is 0 Å². The molecule has 0 radical (unpaired) electrons. The third-order valence-electron chi connectivity index (χ3n) is 6.70. The zero-order chi connectivity index (χ0) is 26.6. The maximum absolute atomic E-state index is 13.6. The molecule has 202 valence electrons. The summed E-state index contributed by atoms with van der Waals surface area (Å²) in [6.07, 6.45) is 3.26. The summed E-state index contributed by atoms with van der Waals surface area (Å²) in [5.41, 5.74) is 2.90. The highest BCUT2D eigenvalue weighted by Crippen LogP contribution is 2.15. The zero-order valence-corrected chi connectivity index (χ0v) is 22.2. The number of aryl methyl sites for hydroxylation is 1. The smallest absolute Gasteiger partial charge is 0.322 e. The lowest BCUT2D eigenvalue weighted by atomic mass is 10.1. The third-order valence-corrected chi connectivity index (χ3v) is 6.70. The Morgan fingerprint density at radius 2 is 1.71 bits per heavy atom. The summed E-state index contributed by atoms with van der Waals surface area (Å²) >= 11 is 0. The normalized spacial score (nSPS) is 13.7. The van der Waals surface area contributed by atoms with E-state index in [9.17, 15) is 9.59 Å². The molecule has 1 saturated heterocycles. The third kappa shape index (κ3) is 8.46. The minimum Gasteiger partial charge on any atom is -0.467 e. The number of urea groups is 1. The topological polar surface area (TPSA) is 78.3 Å². The van der Waals surface area contributed by atoms with E-state index in [0.717, 1.165) is 62.5 Å². The molecule has 8 nitrogen and oxygen atoms in total. The molecule has 38 heavy (non-hydrogen) atoms. The van der Waals surface area contributed by atoms with E-state index in [1.54, 1.807) is 16.1 Å². The number of morpholine rings is 1. The average molecular weight is 519 g/mol. The van der Waals surface area contributed by atoms with Crippen molar-refractivity contribution in [1.82, 2.24) is 14.7 Å². The first-order chi connectivity index (χ1) is 18.6. The Bertz CT molecular complexity index is 1130. The van der Waals surface area contributed by atoms with Crippen molar-refractivity contribution in [3.05, 3.63) is 89.9 Å². The van der Waals surface area contributed by atoms with Crippen molar-refractivity contribution in [1.29, 1.82) is 0 Å². The summed E-state index contributed by atoms with van der Waals surface area (Å²) in [6, 6.07) is 21.1. The first-order valence-corrected chi connectivity index (χ1v) is 13.4. The van der Waals surface area contributed by atoms with Gasteiger partial charge in [0.1, 0.15) is 12.3 Å². The number of hydrogen-bond acceptors (Lipinski definition) is 5. The van der Waals surface area contributed by atoms with Gasteiger partial charge in [-0.3, -0.25) is 9.69 Å². The van der Waals surface area contributed by atoms with Gasteiger partial charge >= 0.3 is 6.03 Å². The molecule has 0 unspecified atom stereocenters. The van der Waals surface area contributed by atoms with Gasteiger partial charge in [0.25, 0.3) is 0 Å². The van der Waals surface area contributed by atoms with Gasteiger partial charge in [-0.05, 0) is 48.2 Å². The van der Waals surface area contributed by atoms with Crippen LogP contribution in [-0.2, 0) is 29.0 Å². The van der Waals surface area contributed by atoms with E-state index in [1.807, 2.05) is 66.7 Å². The lowest BCUT2D eigenvalue weighted by Crippen LogP contribution is -2.45. The van der Waals surface area contributed by atoms with Crippen LogP contribution < -0.4 is 5.32 Å². The molecule has 2 heterocycles. The summed E-state index contributed by atoms with van der Waals surface area (Å²) < 4.78 is 11.0. The first kappa shape index (κ1) is 27.4. The van der Waals surface area contributed by atoms with Crippen molar-refractivity contribution in [2.75, 3.05) is 51.3 Å². The van der Waals surface area contributed by atoms with Crippen molar-refractivity contribution < 1.29 is 18.7 Å². The molecule has 3 aromatic rings. The van der Waals surface area contributed by atoms with Crippen molar-refractivity contribution in [3.8, 4) is 0 Å². The van der Waals surface area contributed by atoms with Crippen LogP contribution in [0.15, 0.2) is 77.4 Å². The van der Waals surface area contributed by atoms with Gasteiger partial charge < -0.3 is 24.3 Å². The second-order valence-electron chi connectivity index (χ2n) is 9.53. The Morgan fingerprint density at radius 1 is 0.921 bits per heavy atom. The predicted molar refractivity (Wildman–Crippen MR) is 148 cm³/mol. The van der Waals surface area contributed by atoms with Crippen molar-refractivity contribution in [2.45, 2.75) is 32.9 Å². The molecule has 0 saturated carbocycles. The number of nitrogens with one attached hydrogen (secondary N) is 1. The summed E-state index contributed by atoms with van der Waals surface area (Å²) in [6.45, 7) is 7.41. The first-order valence-electron chi connectivity index (χ1n) is 13.4. The number of rotatable bonds is 12. The SMILES string of the molecule is CCc1cccc(NC(=O)N(CCCN2CCOCC2)CC(=O)N(Cc2ccccc2)Cc2ccco2)c1. The summed E-state index contributed by atoms with van der Waals surface area (Å²) in [5, 5.41) is 3.01. The molecule has 8 heteroatoms. The van der Waals surface area contributed by atoms with Crippen molar-refractivity contribution in [3.63, 3.8) is 0 Å². The van der Waals surface area contributed by atoms with E-state index in [4.69, 9.17) is 9.15 Å². The Labute approximate surface area is 225 Å². The van der Waals surface area contributed by atoms with E-state index in [1.165, 1.54) is 0 Å². The summed E-state index contributed by atoms with van der Waals surface area (Å²) in [4.78, 5) is 32.8. The lowest BCUT2D eigenvalue weighted by Gasteiger charge is -2.30. The minimum absolute atomic E-state index is 0.0179. The van der Waals surface area contributed by atoms with E-state index in [-0.39, 0.29) is 18.5 Å². The maximum Gasteiger partial charge on any atom is 0.322 e. The highest BCUT2D eigenvalue weighted by atomic mass is 16.5. The average Bonchev–Trinajstić information content (AvgIpc) is 3.46. The van der Waals surface area contributed by atoms with Gasteiger partial charge in [-0.25, -0.2) is 4.79 Å². The van der Waals surface area contributed by atoms with Gasteiger partial charge in [-0.15, -0.1) is 0 Å². The Balaban J connectivity index is 1.46. The molecule has 0 atom stereocenters. The number of ether oxygens (including phenoxy) is 1. The van der Waals surface area contributed by atoms with Gasteiger partial charge in [0.05, 0.1) is 26.0 Å². The molecular formula is C30H38N4O4. The number of hydrogen-bond donors (Lipinski definition) is 1. The second kappa shape index (κ2) is 14.4. The molecule has 0 bridgehead atoms. The predicted octanol–water partition coefficient (Wildman–Crippen LogP) is 4.63. The highest BCUT2D eigenvalue weighted by Gasteiger charge is 2.23. The highest BCUT2D eigenvalue weighted by molar-refractivity contribution is 5.92.